The molecule has 0 aromatic rings. The fourth-order valence-electron chi connectivity index (χ4n) is 0.298. The number of hydrogen-bond acceptors (Lipinski definition) is 4. The second-order valence-corrected chi connectivity index (χ2v) is 2.07. The molecule has 0 spiro atoms. The van der Waals surface area contributed by atoms with Gasteiger partial charge in [0.1, 0.15) is 0 Å². The monoisotopic (exact) mass is 216 g/mol. The van der Waals surface area contributed by atoms with Crippen molar-refractivity contribution in [2.45, 2.75) is 6.29 Å². The standard InChI is InChI=1S/C2H5O4P.4Na/c3-1-2-5-7(4)6-2;;;;/h2-3,7H,1H2;;;;. The molecule has 1 rings (SSSR count). The smallest absolute Gasteiger partial charge is 0.323 e. The topological polar surface area (TPSA) is 55.8 Å². The Morgan fingerprint density at radius 2 is 1.55 bits per heavy atom. The van der Waals surface area contributed by atoms with Crippen LogP contribution in [0.4, 0.5) is 0 Å². The third kappa shape index (κ3) is 10.4. The van der Waals surface area contributed by atoms with Crippen molar-refractivity contribution in [3.8, 4) is 0 Å². The molecule has 4 radical (unpaired) electrons. The summed E-state index contributed by atoms with van der Waals surface area (Å²) < 4.78 is 18.6. The van der Waals surface area contributed by atoms with Crippen LogP contribution < -0.4 is 0 Å². The van der Waals surface area contributed by atoms with E-state index in [1.165, 1.54) is 0 Å². The van der Waals surface area contributed by atoms with Crippen LogP contribution in [0.25, 0.3) is 0 Å². The van der Waals surface area contributed by atoms with Gasteiger partial charge >= 0.3 is 8.25 Å². The van der Waals surface area contributed by atoms with E-state index in [1.807, 2.05) is 0 Å². The summed E-state index contributed by atoms with van der Waals surface area (Å²) in [7, 11) is -2.16. The van der Waals surface area contributed by atoms with Gasteiger partial charge in [0.15, 0.2) is 6.29 Å². The van der Waals surface area contributed by atoms with Gasteiger partial charge in [0.2, 0.25) is 0 Å². The predicted molar refractivity (Wildman–Crippen MR) is 45.1 cm³/mol. The van der Waals surface area contributed by atoms with Gasteiger partial charge in [-0.1, -0.05) is 0 Å². The normalized spacial score (nSPS) is 25.5. The van der Waals surface area contributed by atoms with Gasteiger partial charge in [-0.15, -0.1) is 0 Å². The minimum absolute atomic E-state index is 0. The van der Waals surface area contributed by atoms with Crippen LogP contribution in [0.1, 0.15) is 0 Å². The molecule has 1 heterocycles. The molecule has 0 atom stereocenters. The van der Waals surface area contributed by atoms with Crippen molar-refractivity contribution >= 4 is 126 Å². The first kappa shape index (κ1) is 24.4. The van der Waals surface area contributed by atoms with Crippen molar-refractivity contribution in [3.05, 3.63) is 0 Å². The maximum absolute atomic E-state index is 9.90. The van der Waals surface area contributed by atoms with Crippen molar-refractivity contribution in [1.29, 1.82) is 0 Å². The Labute approximate surface area is 155 Å². The minimum atomic E-state index is -2.16. The van der Waals surface area contributed by atoms with Crippen LogP contribution in [-0.4, -0.2) is 136 Å². The summed E-state index contributed by atoms with van der Waals surface area (Å²) in [6.07, 6.45) is -0.619. The molecule has 0 saturated carbocycles. The van der Waals surface area contributed by atoms with Crippen LogP contribution in [0.2, 0.25) is 0 Å². The zero-order valence-electron chi connectivity index (χ0n) is 7.46. The van der Waals surface area contributed by atoms with E-state index >= 15 is 0 Å². The average Bonchev–Trinajstić information content (AvgIpc) is 1.58. The van der Waals surface area contributed by atoms with Gasteiger partial charge in [0, 0.05) is 118 Å². The van der Waals surface area contributed by atoms with Crippen molar-refractivity contribution in [1.82, 2.24) is 0 Å². The first-order valence-corrected chi connectivity index (χ1v) is 3.03. The molecule has 1 aliphatic rings. The number of hydrogen-bond donors (Lipinski definition) is 1. The molecule has 1 saturated heterocycles. The van der Waals surface area contributed by atoms with Crippen LogP contribution in [0.15, 0.2) is 0 Å². The summed E-state index contributed by atoms with van der Waals surface area (Å²) in [5, 5.41) is 8.13. The Bertz CT molecular complexity index is 94.1. The molecule has 0 bridgehead atoms. The maximum Gasteiger partial charge on any atom is 0.323 e. The third-order valence-corrected chi connectivity index (χ3v) is 1.52. The minimum Gasteiger partial charge on any atom is -0.391 e. The summed E-state index contributed by atoms with van der Waals surface area (Å²) in [6.45, 7) is -0.212. The van der Waals surface area contributed by atoms with Gasteiger partial charge in [-0.3, -0.25) is 13.6 Å². The third-order valence-electron chi connectivity index (χ3n) is 0.604. The van der Waals surface area contributed by atoms with Crippen LogP contribution in [0.5, 0.6) is 0 Å². The van der Waals surface area contributed by atoms with E-state index in [0.717, 1.165) is 0 Å². The Morgan fingerprint density at radius 1 is 1.18 bits per heavy atom. The van der Waals surface area contributed by atoms with Crippen LogP contribution in [0, 0.1) is 0 Å². The van der Waals surface area contributed by atoms with Gasteiger partial charge in [-0.05, 0) is 0 Å². The quantitative estimate of drug-likeness (QED) is 0.415. The molecular weight excluding hydrogens is 211 g/mol. The van der Waals surface area contributed by atoms with E-state index in [9.17, 15) is 4.57 Å². The van der Waals surface area contributed by atoms with E-state index in [2.05, 4.69) is 9.05 Å². The molecule has 0 aliphatic carbocycles. The van der Waals surface area contributed by atoms with E-state index < -0.39 is 14.5 Å². The van der Waals surface area contributed by atoms with Gasteiger partial charge in [-0.25, -0.2) is 0 Å². The van der Waals surface area contributed by atoms with Gasteiger partial charge in [0.25, 0.3) is 0 Å². The van der Waals surface area contributed by atoms with Crippen molar-refractivity contribution < 1.29 is 18.7 Å². The average molecular weight is 216 g/mol. The van der Waals surface area contributed by atoms with Gasteiger partial charge in [0.05, 0.1) is 6.61 Å². The summed E-state index contributed by atoms with van der Waals surface area (Å²) in [5.41, 5.74) is 0. The molecule has 46 valence electrons. The number of rotatable bonds is 1. The fourth-order valence-corrected chi connectivity index (χ4v) is 0.894. The van der Waals surface area contributed by atoms with Crippen LogP contribution in [-0.2, 0) is 13.6 Å². The molecule has 1 aliphatic heterocycles. The van der Waals surface area contributed by atoms with Crippen molar-refractivity contribution in [3.63, 3.8) is 0 Å². The van der Waals surface area contributed by atoms with E-state index in [4.69, 9.17) is 5.11 Å². The molecule has 0 amide bonds. The van der Waals surface area contributed by atoms with E-state index in [-0.39, 0.29) is 125 Å². The Hall–Kier alpha value is 4.11. The van der Waals surface area contributed by atoms with E-state index in [1.54, 1.807) is 0 Å². The van der Waals surface area contributed by atoms with Crippen LogP contribution in [0.3, 0.4) is 0 Å². The van der Waals surface area contributed by atoms with Gasteiger partial charge in [-0.2, -0.15) is 0 Å². The summed E-state index contributed by atoms with van der Waals surface area (Å²) in [5.74, 6) is 0. The van der Waals surface area contributed by atoms with Crippen molar-refractivity contribution in [2.75, 3.05) is 6.61 Å². The molecule has 1 fully saturated rings. The molecule has 4 nitrogen and oxygen atoms in total. The molecule has 11 heavy (non-hydrogen) atoms. The molecule has 0 aromatic heterocycles. The fraction of sp³-hybridized carbons (Fsp3) is 1.00. The second kappa shape index (κ2) is 14.1. The first-order valence-electron chi connectivity index (χ1n) is 1.81. The Kier molecular flexibility index (Phi) is 31.3. The number of aliphatic hydroxyl groups excluding tert-OH is 1. The summed E-state index contributed by atoms with van der Waals surface area (Å²) in [6, 6.07) is 0. The van der Waals surface area contributed by atoms with Crippen molar-refractivity contribution in [2.24, 2.45) is 0 Å². The second-order valence-electron chi connectivity index (χ2n) is 1.10. The zero-order valence-corrected chi connectivity index (χ0v) is 16.5. The molecule has 0 aromatic carbocycles. The molecular formula is C2H5Na4O4P. The summed E-state index contributed by atoms with van der Waals surface area (Å²) >= 11 is 0. The maximum atomic E-state index is 9.90. The molecule has 9 heteroatoms. The largest absolute Gasteiger partial charge is 0.391 e. The Balaban J connectivity index is -0.0000000612. The zero-order chi connectivity index (χ0) is 5.28. The SMILES string of the molecule is O=[PH]1OC(CO)O1.[Na].[Na].[Na].[Na]. The molecule has 0 unspecified atom stereocenters. The van der Waals surface area contributed by atoms with Crippen LogP contribution >= 0.6 is 8.25 Å². The predicted octanol–water partition coefficient (Wildman–Crippen LogP) is -1.78. The van der Waals surface area contributed by atoms with E-state index in [0.29, 0.717) is 0 Å². The molecule has 1 N–H and O–H groups in total. The summed E-state index contributed by atoms with van der Waals surface area (Å²) in [4.78, 5) is 0. The first-order chi connectivity index (χ1) is 3.33. The van der Waals surface area contributed by atoms with Gasteiger partial charge < -0.3 is 5.11 Å². The number of aliphatic hydroxyl groups is 1. The Morgan fingerprint density at radius 3 is 1.64 bits per heavy atom.